The quantitative estimate of drug-likeness (QED) is 0.0265. The van der Waals surface area contributed by atoms with Crippen molar-refractivity contribution in [3.63, 3.8) is 0 Å². The fourth-order valence-electron chi connectivity index (χ4n) is 4.34. The lowest BCUT2D eigenvalue weighted by Gasteiger charge is -2.15. The average molecular weight is 720 g/mol. The Labute approximate surface area is 302 Å². The maximum absolute atomic E-state index is 12.0. The molecule has 1 amide bonds. The van der Waals surface area contributed by atoms with Gasteiger partial charge in [0.05, 0.1) is 13.2 Å². The third-order valence-electron chi connectivity index (χ3n) is 7.12. The summed E-state index contributed by atoms with van der Waals surface area (Å²) < 4.78 is 26.6. The number of aliphatic hydroxyl groups is 1. The van der Waals surface area contributed by atoms with E-state index in [0.717, 1.165) is 64.2 Å². The van der Waals surface area contributed by atoms with Crippen molar-refractivity contribution >= 4 is 19.7 Å². The molecule has 0 bridgehead atoms. The zero-order valence-corrected chi connectivity index (χ0v) is 31.7. The number of ether oxygens (including phenoxy) is 1. The van der Waals surface area contributed by atoms with Crippen LogP contribution in [-0.4, -0.2) is 54.3 Å². The van der Waals surface area contributed by atoms with E-state index in [1.54, 1.807) is 6.08 Å². The van der Waals surface area contributed by atoms with E-state index >= 15 is 0 Å². The molecule has 0 heterocycles. The number of hydrogen-bond acceptors (Lipinski definition) is 7. The molecule has 0 aliphatic rings. The smallest absolute Gasteiger partial charge is 0.463 e. The van der Waals surface area contributed by atoms with Gasteiger partial charge in [-0.3, -0.25) is 18.6 Å². The van der Waals surface area contributed by atoms with Crippen molar-refractivity contribution < 1.29 is 37.9 Å². The molecule has 0 aromatic rings. The summed E-state index contributed by atoms with van der Waals surface area (Å²) in [6, 6.07) is 0. The molecule has 0 aliphatic heterocycles. The first-order chi connectivity index (χ1) is 24.3. The molecule has 0 aliphatic carbocycles. The van der Waals surface area contributed by atoms with E-state index in [9.17, 15) is 24.2 Å². The van der Waals surface area contributed by atoms with Gasteiger partial charge in [0.2, 0.25) is 5.91 Å². The van der Waals surface area contributed by atoms with Crippen LogP contribution in [0.3, 0.4) is 0 Å². The van der Waals surface area contributed by atoms with Gasteiger partial charge in [0.25, 0.3) is 0 Å². The van der Waals surface area contributed by atoms with Gasteiger partial charge >= 0.3 is 13.8 Å². The number of nitrogens with one attached hydrogen (secondary N) is 1. The minimum absolute atomic E-state index is 0.0205. The maximum atomic E-state index is 12.0. The van der Waals surface area contributed by atoms with E-state index < -0.39 is 26.5 Å². The molecule has 9 nitrogen and oxygen atoms in total. The fourth-order valence-corrected chi connectivity index (χ4v) is 5.09. The maximum Gasteiger partial charge on any atom is 0.472 e. The molecule has 0 aromatic carbocycles. The number of amides is 1. The van der Waals surface area contributed by atoms with Crippen LogP contribution in [0.5, 0.6) is 0 Å². The second-order valence-corrected chi connectivity index (χ2v) is 13.3. The third kappa shape index (κ3) is 36.5. The van der Waals surface area contributed by atoms with Crippen molar-refractivity contribution in [3.8, 4) is 0 Å². The molecule has 0 radical (unpaired) electrons. The van der Waals surface area contributed by atoms with Gasteiger partial charge in [-0.05, 0) is 51.4 Å². The van der Waals surface area contributed by atoms with Crippen molar-refractivity contribution in [2.24, 2.45) is 0 Å². The van der Waals surface area contributed by atoms with E-state index in [1.807, 2.05) is 12.2 Å². The van der Waals surface area contributed by atoms with Gasteiger partial charge in [-0.2, -0.15) is 0 Å². The predicted octanol–water partition coefficient (Wildman–Crippen LogP) is 9.71. The van der Waals surface area contributed by atoms with Gasteiger partial charge in [-0.1, -0.05) is 144 Å². The molecule has 0 rings (SSSR count). The molecule has 10 heteroatoms. The highest BCUT2D eigenvalue weighted by Crippen LogP contribution is 2.42. The van der Waals surface area contributed by atoms with Gasteiger partial charge < -0.3 is 20.1 Å². The summed E-state index contributed by atoms with van der Waals surface area (Å²) in [5.74, 6) is -0.664. The van der Waals surface area contributed by atoms with Crippen LogP contribution in [0.4, 0.5) is 0 Å². The van der Waals surface area contributed by atoms with Crippen molar-refractivity contribution in [1.29, 1.82) is 0 Å². The number of esters is 1. The minimum Gasteiger partial charge on any atom is -0.463 e. The summed E-state index contributed by atoms with van der Waals surface area (Å²) in [4.78, 5) is 33.6. The zero-order chi connectivity index (χ0) is 36.8. The van der Waals surface area contributed by atoms with Crippen LogP contribution in [0.25, 0.3) is 0 Å². The molecule has 284 valence electrons. The number of phosphoric acid groups is 1. The summed E-state index contributed by atoms with van der Waals surface area (Å²) >= 11 is 0. The van der Waals surface area contributed by atoms with Crippen molar-refractivity contribution in [2.45, 2.75) is 129 Å². The highest BCUT2D eigenvalue weighted by molar-refractivity contribution is 7.47. The number of allylic oxidation sites excluding steroid dienone is 13. The van der Waals surface area contributed by atoms with Crippen LogP contribution < -0.4 is 5.32 Å². The molecule has 0 spiro atoms. The van der Waals surface area contributed by atoms with E-state index in [2.05, 4.69) is 86.0 Å². The highest BCUT2D eigenvalue weighted by Gasteiger charge is 2.23. The van der Waals surface area contributed by atoms with Gasteiger partial charge in [0, 0.05) is 19.4 Å². The van der Waals surface area contributed by atoms with E-state index in [4.69, 9.17) is 13.8 Å². The van der Waals surface area contributed by atoms with Gasteiger partial charge in [0.1, 0.15) is 12.7 Å². The number of phosphoric ester groups is 1. The number of aliphatic hydroxyl groups excluding tert-OH is 1. The number of unbranched alkanes of at least 4 members (excludes halogenated alkanes) is 7. The van der Waals surface area contributed by atoms with Crippen LogP contribution in [0.1, 0.15) is 123 Å². The monoisotopic (exact) mass is 719 g/mol. The van der Waals surface area contributed by atoms with E-state index in [0.29, 0.717) is 0 Å². The Morgan fingerprint density at radius 2 is 1.10 bits per heavy atom. The highest BCUT2D eigenvalue weighted by atomic mass is 31.2. The SMILES string of the molecule is CC/C=C\C/C=C\C/C=C\C/C=C\C/C=C\C/C=C\C/C=C\CC(=O)NCCOP(=O)(O)OCC(O)COC(=O)CCCCCCCCCC. The van der Waals surface area contributed by atoms with Gasteiger partial charge in [-0.15, -0.1) is 0 Å². The first-order valence-corrected chi connectivity index (χ1v) is 20.1. The molecular formula is C40H66NO8P. The number of hydrogen-bond donors (Lipinski definition) is 3. The molecule has 0 fully saturated rings. The van der Waals surface area contributed by atoms with Crippen LogP contribution in [0, 0.1) is 0 Å². The lowest BCUT2D eigenvalue weighted by molar-refractivity contribution is -0.147. The Hall–Kier alpha value is -2.81. The summed E-state index contributed by atoms with van der Waals surface area (Å²) in [7, 11) is -4.44. The fraction of sp³-hybridized carbons (Fsp3) is 0.600. The van der Waals surface area contributed by atoms with Crippen LogP contribution in [0.15, 0.2) is 85.1 Å². The third-order valence-corrected chi connectivity index (χ3v) is 8.10. The average Bonchev–Trinajstić information content (AvgIpc) is 3.10. The Bertz CT molecular complexity index is 1090. The first kappa shape index (κ1) is 47.2. The van der Waals surface area contributed by atoms with Crippen molar-refractivity contribution in [1.82, 2.24) is 5.32 Å². The Kier molecular flexibility index (Phi) is 34.0. The normalized spacial score (nSPS) is 14.4. The molecular weight excluding hydrogens is 653 g/mol. The number of carbonyl (C=O) groups is 2. The molecule has 2 atom stereocenters. The van der Waals surface area contributed by atoms with Crippen LogP contribution in [-0.2, 0) is 27.9 Å². The molecule has 0 saturated carbocycles. The molecule has 2 unspecified atom stereocenters. The Balaban J connectivity index is 3.80. The summed E-state index contributed by atoms with van der Waals surface area (Å²) in [6.45, 7) is 3.23. The summed E-state index contributed by atoms with van der Waals surface area (Å²) in [6.07, 6.45) is 44.1. The topological polar surface area (TPSA) is 131 Å². The minimum atomic E-state index is -4.44. The predicted molar refractivity (Wildman–Crippen MR) is 206 cm³/mol. The largest absolute Gasteiger partial charge is 0.472 e. The summed E-state index contributed by atoms with van der Waals surface area (Å²) in [5.41, 5.74) is 0. The Morgan fingerprint density at radius 1 is 0.640 bits per heavy atom. The van der Waals surface area contributed by atoms with Crippen LogP contribution >= 0.6 is 7.82 Å². The summed E-state index contributed by atoms with van der Waals surface area (Å²) in [5, 5.41) is 12.5. The second-order valence-electron chi connectivity index (χ2n) is 11.8. The first-order valence-electron chi connectivity index (χ1n) is 18.6. The number of carbonyl (C=O) groups excluding carboxylic acids is 2. The van der Waals surface area contributed by atoms with E-state index in [1.165, 1.54) is 32.1 Å². The standard InChI is InChI=1S/C40H66NO8P/c1-3-5-7-9-11-13-14-15-16-17-18-19-20-21-22-23-24-25-26-28-30-32-39(43)41-34-35-48-50(45,46)49-37-38(42)36-47-40(44)33-31-29-27-12-10-8-6-4-2/h5,7,11,13,15-16,18-19,21-22,24-25,28,30,38,42H,3-4,6,8-10,12,14,17,20,23,26-27,29,31-37H2,1-2H3,(H,41,43)(H,45,46)/b7-5-,13-11-,16-15-,19-18-,22-21-,25-24-,30-28-. The van der Waals surface area contributed by atoms with Gasteiger partial charge in [0.15, 0.2) is 0 Å². The molecule has 0 aromatic heterocycles. The molecule has 50 heavy (non-hydrogen) atoms. The van der Waals surface area contributed by atoms with Gasteiger partial charge in [-0.25, -0.2) is 4.57 Å². The second kappa shape index (κ2) is 36.0. The van der Waals surface area contributed by atoms with Crippen molar-refractivity contribution in [2.75, 3.05) is 26.4 Å². The lowest BCUT2D eigenvalue weighted by Crippen LogP contribution is -2.26. The number of rotatable bonds is 33. The lowest BCUT2D eigenvalue weighted by atomic mass is 10.1. The zero-order valence-electron chi connectivity index (χ0n) is 30.8. The molecule has 0 saturated heterocycles. The van der Waals surface area contributed by atoms with Crippen LogP contribution in [0.2, 0.25) is 0 Å². The Morgan fingerprint density at radius 3 is 1.60 bits per heavy atom. The van der Waals surface area contributed by atoms with E-state index in [-0.39, 0.29) is 38.5 Å². The molecule has 3 N–H and O–H groups in total. The van der Waals surface area contributed by atoms with Crippen molar-refractivity contribution in [3.05, 3.63) is 85.1 Å².